The van der Waals surface area contributed by atoms with Crippen LogP contribution in [0.3, 0.4) is 0 Å². The van der Waals surface area contributed by atoms with Gasteiger partial charge in [-0.15, -0.1) is 13.2 Å². The summed E-state index contributed by atoms with van der Waals surface area (Å²) >= 11 is 0. The largest absolute Gasteiger partial charge is 0.573 e. The van der Waals surface area contributed by atoms with Crippen LogP contribution in [0, 0.1) is 10.1 Å². The van der Waals surface area contributed by atoms with E-state index in [9.17, 15) is 23.3 Å². The van der Waals surface area contributed by atoms with Crippen molar-refractivity contribution in [3.05, 3.63) is 28.3 Å². The SMILES string of the molecule is CN1CCC(Oc2ccc([N+](=O)[O-])cc2OC(F)(F)F)CC1. The molecule has 1 aromatic rings. The number of nitrogens with zero attached hydrogens (tertiary/aromatic N) is 2. The second-order valence-electron chi connectivity index (χ2n) is 5.06. The maximum atomic E-state index is 12.4. The molecule has 22 heavy (non-hydrogen) atoms. The molecule has 6 nitrogen and oxygen atoms in total. The van der Waals surface area contributed by atoms with Crippen molar-refractivity contribution in [3.63, 3.8) is 0 Å². The normalized spacial score (nSPS) is 17.3. The van der Waals surface area contributed by atoms with Crippen LogP contribution in [-0.2, 0) is 0 Å². The molecule has 122 valence electrons. The third-order valence-electron chi connectivity index (χ3n) is 3.32. The van der Waals surface area contributed by atoms with Gasteiger partial charge in [0.15, 0.2) is 11.5 Å². The molecular weight excluding hydrogens is 305 g/mol. The molecule has 0 saturated carbocycles. The summed E-state index contributed by atoms with van der Waals surface area (Å²) in [6, 6.07) is 2.95. The maximum absolute atomic E-state index is 12.4. The number of hydrogen-bond donors (Lipinski definition) is 0. The van der Waals surface area contributed by atoms with Crippen LogP contribution in [0.1, 0.15) is 12.8 Å². The van der Waals surface area contributed by atoms with Gasteiger partial charge in [-0.3, -0.25) is 10.1 Å². The first-order chi connectivity index (χ1) is 10.2. The molecule has 0 unspecified atom stereocenters. The molecule has 1 saturated heterocycles. The van der Waals surface area contributed by atoms with Crippen LogP contribution >= 0.6 is 0 Å². The van der Waals surface area contributed by atoms with Gasteiger partial charge in [-0.05, 0) is 26.0 Å². The third kappa shape index (κ3) is 4.48. The molecule has 9 heteroatoms. The van der Waals surface area contributed by atoms with Gasteiger partial charge < -0.3 is 14.4 Å². The molecule has 0 radical (unpaired) electrons. The first-order valence-corrected chi connectivity index (χ1v) is 6.64. The Morgan fingerprint density at radius 3 is 2.45 bits per heavy atom. The second-order valence-corrected chi connectivity index (χ2v) is 5.06. The molecule has 0 N–H and O–H groups in total. The van der Waals surface area contributed by atoms with Crippen molar-refractivity contribution in [2.45, 2.75) is 25.3 Å². The summed E-state index contributed by atoms with van der Waals surface area (Å²) in [4.78, 5) is 12.0. The molecule has 0 amide bonds. The number of alkyl halides is 3. The van der Waals surface area contributed by atoms with Gasteiger partial charge in [0.2, 0.25) is 0 Å². The number of halogens is 3. The number of hydrogen-bond acceptors (Lipinski definition) is 5. The summed E-state index contributed by atoms with van der Waals surface area (Å²) in [7, 11) is 1.94. The lowest BCUT2D eigenvalue weighted by atomic mass is 10.1. The quantitative estimate of drug-likeness (QED) is 0.630. The van der Waals surface area contributed by atoms with Crippen molar-refractivity contribution in [2.24, 2.45) is 0 Å². The molecule has 1 aliphatic heterocycles. The number of nitro benzene ring substituents is 1. The van der Waals surface area contributed by atoms with Crippen molar-refractivity contribution in [3.8, 4) is 11.5 Å². The average molecular weight is 320 g/mol. The molecule has 1 aromatic carbocycles. The van der Waals surface area contributed by atoms with Crippen LogP contribution < -0.4 is 9.47 Å². The monoisotopic (exact) mass is 320 g/mol. The van der Waals surface area contributed by atoms with Crippen molar-refractivity contribution in [2.75, 3.05) is 20.1 Å². The summed E-state index contributed by atoms with van der Waals surface area (Å²) in [5.74, 6) is -0.835. The van der Waals surface area contributed by atoms with Gasteiger partial charge in [0.1, 0.15) is 6.10 Å². The van der Waals surface area contributed by atoms with Crippen LogP contribution in [0.5, 0.6) is 11.5 Å². The molecule has 1 heterocycles. The Kier molecular flexibility index (Phi) is 4.74. The summed E-state index contributed by atoms with van der Waals surface area (Å²) in [5, 5.41) is 10.7. The van der Waals surface area contributed by atoms with Crippen molar-refractivity contribution >= 4 is 5.69 Å². The fourth-order valence-electron chi connectivity index (χ4n) is 2.19. The van der Waals surface area contributed by atoms with Crippen LogP contribution in [0.25, 0.3) is 0 Å². The fraction of sp³-hybridized carbons (Fsp3) is 0.538. The Bertz CT molecular complexity index is 543. The Morgan fingerprint density at radius 2 is 1.91 bits per heavy atom. The number of non-ortho nitro benzene ring substituents is 1. The summed E-state index contributed by atoms with van der Waals surface area (Å²) in [6.45, 7) is 1.54. The predicted octanol–water partition coefficient (Wildman–Crippen LogP) is 2.97. The van der Waals surface area contributed by atoms with Crippen LogP contribution in [0.2, 0.25) is 0 Å². The Labute approximate surface area is 124 Å². The molecule has 0 bridgehead atoms. The lowest BCUT2D eigenvalue weighted by molar-refractivity contribution is -0.385. The van der Waals surface area contributed by atoms with Crippen molar-refractivity contribution < 1.29 is 27.6 Å². The van der Waals surface area contributed by atoms with Gasteiger partial charge in [-0.1, -0.05) is 0 Å². The van der Waals surface area contributed by atoms with Crippen LogP contribution in [0.15, 0.2) is 18.2 Å². The molecule has 0 aromatic heterocycles. The first kappa shape index (κ1) is 16.3. The number of ether oxygens (including phenoxy) is 2. The number of benzene rings is 1. The molecule has 2 rings (SSSR count). The van der Waals surface area contributed by atoms with E-state index in [1.54, 1.807) is 0 Å². The van der Waals surface area contributed by atoms with Gasteiger partial charge >= 0.3 is 6.36 Å². The van der Waals surface area contributed by atoms with Crippen molar-refractivity contribution in [1.29, 1.82) is 0 Å². The fourth-order valence-corrected chi connectivity index (χ4v) is 2.19. The van der Waals surface area contributed by atoms with E-state index in [1.807, 2.05) is 7.05 Å². The zero-order chi connectivity index (χ0) is 16.3. The third-order valence-corrected chi connectivity index (χ3v) is 3.32. The van der Waals surface area contributed by atoms with E-state index in [-0.39, 0.29) is 11.9 Å². The van der Waals surface area contributed by atoms with Crippen molar-refractivity contribution in [1.82, 2.24) is 4.90 Å². The smallest absolute Gasteiger partial charge is 0.486 e. The molecule has 1 aliphatic rings. The number of piperidine rings is 1. The highest BCUT2D eigenvalue weighted by Gasteiger charge is 2.34. The average Bonchev–Trinajstić information content (AvgIpc) is 2.41. The minimum absolute atomic E-state index is 0.141. The van der Waals surface area contributed by atoms with Gasteiger partial charge in [0.25, 0.3) is 5.69 Å². The summed E-state index contributed by atoms with van der Waals surface area (Å²) < 4.78 is 46.7. The van der Waals surface area contributed by atoms with E-state index in [2.05, 4.69) is 9.64 Å². The minimum Gasteiger partial charge on any atom is -0.486 e. The molecular formula is C13H15F3N2O4. The first-order valence-electron chi connectivity index (χ1n) is 6.64. The number of likely N-dealkylation sites (tertiary alicyclic amines) is 1. The van der Waals surface area contributed by atoms with Gasteiger partial charge in [0.05, 0.1) is 11.0 Å². The standard InChI is InChI=1S/C13H15F3N2O4/c1-17-6-4-10(5-7-17)21-11-3-2-9(18(19)20)8-12(11)22-13(14,15)16/h2-3,8,10H,4-7H2,1H3. The van der Waals surface area contributed by atoms with E-state index in [0.29, 0.717) is 12.8 Å². The summed E-state index contributed by atoms with van der Waals surface area (Å²) in [5.41, 5.74) is -0.491. The highest BCUT2D eigenvalue weighted by Crippen LogP contribution is 2.36. The Morgan fingerprint density at radius 1 is 1.27 bits per heavy atom. The Hall–Kier alpha value is -2.03. The van der Waals surface area contributed by atoms with E-state index >= 15 is 0 Å². The predicted molar refractivity (Wildman–Crippen MR) is 70.9 cm³/mol. The maximum Gasteiger partial charge on any atom is 0.573 e. The van der Waals surface area contributed by atoms with E-state index in [4.69, 9.17) is 4.74 Å². The topological polar surface area (TPSA) is 64.8 Å². The molecule has 1 fully saturated rings. The van der Waals surface area contributed by atoms with E-state index in [0.717, 1.165) is 31.3 Å². The highest BCUT2D eigenvalue weighted by atomic mass is 19.4. The number of rotatable bonds is 4. The highest BCUT2D eigenvalue weighted by molar-refractivity contribution is 5.48. The lowest BCUT2D eigenvalue weighted by Gasteiger charge is -2.29. The van der Waals surface area contributed by atoms with Crippen LogP contribution in [-0.4, -0.2) is 42.4 Å². The zero-order valence-corrected chi connectivity index (χ0v) is 11.8. The zero-order valence-electron chi connectivity index (χ0n) is 11.8. The lowest BCUT2D eigenvalue weighted by Crippen LogP contribution is -2.35. The van der Waals surface area contributed by atoms with Gasteiger partial charge in [-0.2, -0.15) is 0 Å². The Balaban J connectivity index is 2.19. The van der Waals surface area contributed by atoms with Gasteiger partial charge in [-0.25, -0.2) is 0 Å². The molecule has 0 atom stereocenters. The van der Waals surface area contributed by atoms with Crippen LogP contribution in [0.4, 0.5) is 18.9 Å². The van der Waals surface area contributed by atoms with E-state index < -0.39 is 22.7 Å². The summed E-state index contributed by atoms with van der Waals surface area (Å²) in [6.07, 6.45) is -3.86. The van der Waals surface area contributed by atoms with E-state index in [1.165, 1.54) is 0 Å². The second kappa shape index (κ2) is 6.39. The minimum atomic E-state index is -4.94. The van der Waals surface area contributed by atoms with Gasteiger partial charge in [0, 0.05) is 19.2 Å². The molecule has 0 aliphatic carbocycles. The number of nitro groups is 1. The molecule has 0 spiro atoms.